The Labute approximate surface area is 129 Å². The summed E-state index contributed by atoms with van der Waals surface area (Å²) in [5.41, 5.74) is 1.54. The lowest BCUT2D eigenvalue weighted by Crippen LogP contribution is -2.02. The highest BCUT2D eigenvalue weighted by Gasteiger charge is 2.16. The van der Waals surface area contributed by atoms with E-state index in [1.54, 1.807) is 32.0 Å². The first-order valence-electron chi connectivity index (χ1n) is 6.01. The van der Waals surface area contributed by atoms with E-state index in [0.29, 0.717) is 27.2 Å². The van der Waals surface area contributed by atoms with Crippen molar-refractivity contribution in [1.29, 1.82) is 5.26 Å². The van der Waals surface area contributed by atoms with Gasteiger partial charge in [-0.1, -0.05) is 15.9 Å². The monoisotopic (exact) mass is 346 g/mol. The lowest BCUT2D eigenvalue weighted by molar-refractivity contribution is 0.0694. The summed E-state index contributed by atoms with van der Waals surface area (Å²) >= 11 is 3.22. The van der Waals surface area contributed by atoms with Crippen LogP contribution >= 0.6 is 15.9 Å². The summed E-state index contributed by atoms with van der Waals surface area (Å²) in [6.07, 6.45) is 0. The Hall–Kier alpha value is -2.39. The van der Waals surface area contributed by atoms with Crippen LogP contribution in [0.15, 0.2) is 28.7 Å². The van der Waals surface area contributed by atoms with Gasteiger partial charge in [0.05, 0.1) is 5.69 Å². The normalized spacial score (nSPS) is 10.0. The van der Waals surface area contributed by atoms with Crippen molar-refractivity contribution in [3.05, 3.63) is 51.3 Å². The van der Waals surface area contributed by atoms with E-state index in [9.17, 15) is 15.2 Å². The number of carboxylic acid groups (broad SMARTS) is 1. The zero-order valence-corrected chi connectivity index (χ0v) is 12.9. The number of benzene rings is 1. The van der Waals surface area contributed by atoms with Crippen LogP contribution < -0.4 is 4.74 Å². The number of carbonyl (C=O) groups is 1. The molecule has 0 spiro atoms. The van der Waals surface area contributed by atoms with E-state index in [1.807, 2.05) is 6.07 Å². The summed E-state index contributed by atoms with van der Waals surface area (Å²) in [5, 5.41) is 18.4. The molecule has 0 saturated heterocycles. The zero-order valence-electron chi connectivity index (χ0n) is 11.3. The number of aromatic carboxylic acids is 1. The van der Waals surface area contributed by atoms with E-state index in [-0.39, 0.29) is 11.3 Å². The van der Waals surface area contributed by atoms with Crippen LogP contribution in [0.3, 0.4) is 0 Å². The molecular formula is C15H11BrN2O3. The molecule has 0 amide bonds. The number of hydrogen-bond acceptors (Lipinski definition) is 4. The average molecular weight is 347 g/mol. The van der Waals surface area contributed by atoms with Gasteiger partial charge in [0.2, 0.25) is 0 Å². The molecule has 0 aliphatic heterocycles. The second-order valence-electron chi connectivity index (χ2n) is 4.38. The molecule has 0 atom stereocenters. The molecule has 106 valence electrons. The second-order valence-corrected chi connectivity index (χ2v) is 5.30. The van der Waals surface area contributed by atoms with Gasteiger partial charge in [-0.05, 0) is 32.0 Å². The third kappa shape index (κ3) is 3.20. The molecule has 6 heteroatoms. The fourth-order valence-electron chi connectivity index (χ4n) is 1.89. The maximum atomic E-state index is 11.3. The molecule has 1 heterocycles. The average Bonchev–Trinajstić information content (AvgIpc) is 2.40. The number of nitriles is 1. The highest BCUT2D eigenvalue weighted by Crippen LogP contribution is 2.31. The van der Waals surface area contributed by atoms with Crippen molar-refractivity contribution >= 4 is 21.9 Å². The van der Waals surface area contributed by atoms with Gasteiger partial charge in [-0.15, -0.1) is 0 Å². The quantitative estimate of drug-likeness (QED) is 0.912. The number of carboxylic acids is 1. The first-order valence-corrected chi connectivity index (χ1v) is 6.80. The molecule has 1 aromatic carbocycles. The smallest absolute Gasteiger partial charge is 0.339 e. The molecule has 0 fully saturated rings. The van der Waals surface area contributed by atoms with Gasteiger partial charge in [0.15, 0.2) is 0 Å². The first kappa shape index (κ1) is 15.0. The molecule has 0 aliphatic carbocycles. The molecule has 0 radical (unpaired) electrons. The van der Waals surface area contributed by atoms with Gasteiger partial charge >= 0.3 is 5.97 Å². The number of nitrogens with zero attached hydrogens (tertiary/aromatic N) is 2. The van der Waals surface area contributed by atoms with Gasteiger partial charge in [0.25, 0.3) is 0 Å². The van der Waals surface area contributed by atoms with Crippen LogP contribution in [0.2, 0.25) is 0 Å². The fraction of sp³-hybridized carbons (Fsp3) is 0.133. The maximum Gasteiger partial charge on any atom is 0.339 e. The minimum atomic E-state index is -1.10. The van der Waals surface area contributed by atoms with Gasteiger partial charge < -0.3 is 9.84 Å². The van der Waals surface area contributed by atoms with Crippen molar-refractivity contribution in [3.63, 3.8) is 0 Å². The van der Waals surface area contributed by atoms with E-state index in [1.165, 1.54) is 6.07 Å². The predicted molar refractivity (Wildman–Crippen MR) is 79.6 cm³/mol. The molecule has 5 nitrogen and oxygen atoms in total. The molecular weight excluding hydrogens is 336 g/mol. The van der Waals surface area contributed by atoms with E-state index >= 15 is 0 Å². The molecule has 1 N–H and O–H groups in total. The largest absolute Gasteiger partial charge is 0.478 e. The Morgan fingerprint density at radius 2 is 2.05 bits per heavy atom. The SMILES string of the molecule is Cc1cc(Oc2ccc(Br)cc2C(=O)O)c(C#N)c(C)n1. The lowest BCUT2D eigenvalue weighted by atomic mass is 10.1. The van der Waals surface area contributed by atoms with Gasteiger partial charge in [0.1, 0.15) is 28.7 Å². The zero-order chi connectivity index (χ0) is 15.6. The predicted octanol–water partition coefficient (Wildman–Crippen LogP) is 3.82. The second kappa shape index (κ2) is 5.94. The number of hydrogen-bond donors (Lipinski definition) is 1. The van der Waals surface area contributed by atoms with Crippen LogP contribution in [-0.4, -0.2) is 16.1 Å². The number of rotatable bonds is 3. The van der Waals surface area contributed by atoms with Crippen molar-refractivity contribution in [1.82, 2.24) is 4.98 Å². The molecule has 21 heavy (non-hydrogen) atoms. The first-order chi connectivity index (χ1) is 9.92. The molecule has 2 aromatic rings. The van der Waals surface area contributed by atoms with Crippen LogP contribution in [-0.2, 0) is 0 Å². The Morgan fingerprint density at radius 3 is 2.67 bits per heavy atom. The summed E-state index contributed by atoms with van der Waals surface area (Å²) in [7, 11) is 0. The third-order valence-electron chi connectivity index (χ3n) is 2.80. The maximum absolute atomic E-state index is 11.3. The molecule has 0 saturated carbocycles. The summed E-state index contributed by atoms with van der Waals surface area (Å²) in [5.74, 6) is -0.633. The van der Waals surface area contributed by atoms with Crippen LogP contribution in [0.4, 0.5) is 0 Å². The summed E-state index contributed by atoms with van der Waals surface area (Å²) in [6.45, 7) is 3.48. The minimum Gasteiger partial charge on any atom is -0.478 e. The highest BCUT2D eigenvalue weighted by molar-refractivity contribution is 9.10. The number of ether oxygens (including phenoxy) is 1. The van der Waals surface area contributed by atoms with Crippen LogP contribution in [0, 0.1) is 25.2 Å². The summed E-state index contributed by atoms with van der Waals surface area (Å²) in [6, 6.07) is 8.30. The number of pyridine rings is 1. The van der Waals surface area contributed by atoms with E-state index < -0.39 is 5.97 Å². The molecule has 0 aliphatic rings. The summed E-state index contributed by atoms with van der Waals surface area (Å²) < 4.78 is 6.28. The van der Waals surface area contributed by atoms with E-state index in [2.05, 4.69) is 20.9 Å². The lowest BCUT2D eigenvalue weighted by Gasteiger charge is -2.12. The Balaban J connectivity index is 2.53. The van der Waals surface area contributed by atoms with Crippen LogP contribution in [0.25, 0.3) is 0 Å². The fourth-order valence-corrected chi connectivity index (χ4v) is 2.25. The molecule has 1 aromatic heterocycles. The van der Waals surface area contributed by atoms with Crippen molar-refractivity contribution in [2.75, 3.05) is 0 Å². The molecule has 0 bridgehead atoms. The number of halogens is 1. The van der Waals surface area contributed by atoms with Crippen molar-refractivity contribution in [2.24, 2.45) is 0 Å². The Morgan fingerprint density at radius 1 is 1.33 bits per heavy atom. The topological polar surface area (TPSA) is 83.2 Å². The third-order valence-corrected chi connectivity index (χ3v) is 3.29. The van der Waals surface area contributed by atoms with Crippen molar-refractivity contribution < 1.29 is 14.6 Å². The number of aromatic nitrogens is 1. The van der Waals surface area contributed by atoms with Crippen molar-refractivity contribution in [2.45, 2.75) is 13.8 Å². The molecule has 0 unspecified atom stereocenters. The van der Waals surface area contributed by atoms with Gasteiger partial charge in [-0.2, -0.15) is 5.26 Å². The summed E-state index contributed by atoms with van der Waals surface area (Å²) in [4.78, 5) is 15.5. The Bertz CT molecular complexity index is 766. The van der Waals surface area contributed by atoms with Gasteiger partial charge in [0, 0.05) is 16.2 Å². The van der Waals surface area contributed by atoms with Gasteiger partial charge in [-0.3, -0.25) is 4.98 Å². The van der Waals surface area contributed by atoms with Crippen molar-refractivity contribution in [3.8, 4) is 17.6 Å². The standard InChI is InChI=1S/C15H11BrN2O3/c1-8-5-14(12(7-17)9(2)18-8)21-13-4-3-10(16)6-11(13)15(19)20/h3-6H,1-2H3,(H,19,20). The number of aryl methyl sites for hydroxylation is 2. The minimum absolute atomic E-state index is 0.0142. The van der Waals surface area contributed by atoms with Crippen LogP contribution in [0.5, 0.6) is 11.5 Å². The molecule has 2 rings (SSSR count). The van der Waals surface area contributed by atoms with Gasteiger partial charge in [-0.25, -0.2) is 4.79 Å². The van der Waals surface area contributed by atoms with Crippen LogP contribution in [0.1, 0.15) is 27.3 Å². The Kier molecular flexibility index (Phi) is 4.24. The highest BCUT2D eigenvalue weighted by atomic mass is 79.9. The van der Waals surface area contributed by atoms with E-state index in [0.717, 1.165) is 0 Å². The van der Waals surface area contributed by atoms with E-state index in [4.69, 9.17) is 4.74 Å².